The number of pyridine rings is 1. The third-order valence-corrected chi connectivity index (χ3v) is 3.97. The van der Waals surface area contributed by atoms with Gasteiger partial charge in [0.15, 0.2) is 11.5 Å². The molecule has 0 unspecified atom stereocenters. The maximum Gasteiger partial charge on any atom is 0.317 e. The van der Waals surface area contributed by atoms with E-state index in [1.54, 1.807) is 31.5 Å². The molecule has 0 bridgehead atoms. The molecule has 0 fully saturated rings. The standard InChI is InChI=1S/C20H18ClN3O3/c1-26-17-7-5-13(9-14-6-8-19(23-12-14)24-20(22)25)10-18(17)27-16-4-2-3-15(21)11-16/h2-8,10-12H,9H2,1H3,(H3,22,23,24,25). The summed E-state index contributed by atoms with van der Waals surface area (Å²) in [5.41, 5.74) is 7.07. The van der Waals surface area contributed by atoms with E-state index < -0.39 is 6.03 Å². The van der Waals surface area contributed by atoms with Gasteiger partial charge in [-0.15, -0.1) is 0 Å². The minimum absolute atomic E-state index is 0.408. The number of carbonyl (C=O) groups is 1. The van der Waals surface area contributed by atoms with Crippen LogP contribution in [0.2, 0.25) is 5.02 Å². The molecule has 0 aliphatic rings. The molecule has 0 atom stereocenters. The van der Waals surface area contributed by atoms with Gasteiger partial charge in [0.2, 0.25) is 0 Å². The van der Waals surface area contributed by atoms with Crippen molar-refractivity contribution in [2.75, 3.05) is 12.4 Å². The number of amides is 2. The number of methoxy groups -OCH3 is 1. The molecule has 0 aliphatic carbocycles. The number of halogens is 1. The molecule has 0 saturated heterocycles. The molecule has 2 amide bonds. The van der Waals surface area contributed by atoms with Crippen LogP contribution in [0.25, 0.3) is 0 Å². The second kappa shape index (κ2) is 8.42. The Morgan fingerprint density at radius 3 is 2.59 bits per heavy atom. The summed E-state index contributed by atoms with van der Waals surface area (Å²) in [6, 6.07) is 15.8. The topological polar surface area (TPSA) is 86.5 Å². The summed E-state index contributed by atoms with van der Waals surface area (Å²) in [6.07, 6.45) is 2.33. The van der Waals surface area contributed by atoms with E-state index >= 15 is 0 Å². The van der Waals surface area contributed by atoms with Crippen molar-refractivity contribution in [2.45, 2.75) is 6.42 Å². The molecule has 1 heterocycles. The molecule has 6 nitrogen and oxygen atoms in total. The predicted molar refractivity (Wildman–Crippen MR) is 105 cm³/mol. The lowest BCUT2D eigenvalue weighted by atomic mass is 10.1. The van der Waals surface area contributed by atoms with Crippen molar-refractivity contribution in [3.8, 4) is 17.2 Å². The van der Waals surface area contributed by atoms with Crippen LogP contribution in [0.3, 0.4) is 0 Å². The summed E-state index contributed by atoms with van der Waals surface area (Å²) in [5, 5.41) is 3.03. The lowest BCUT2D eigenvalue weighted by Gasteiger charge is -2.12. The van der Waals surface area contributed by atoms with Crippen LogP contribution in [0, 0.1) is 0 Å². The van der Waals surface area contributed by atoms with Crippen LogP contribution in [-0.2, 0) is 6.42 Å². The zero-order valence-corrected chi connectivity index (χ0v) is 15.4. The molecular weight excluding hydrogens is 366 g/mol. The van der Waals surface area contributed by atoms with E-state index in [2.05, 4.69) is 10.3 Å². The maximum atomic E-state index is 10.9. The van der Waals surface area contributed by atoms with Gasteiger partial charge in [0.05, 0.1) is 7.11 Å². The van der Waals surface area contributed by atoms with Crippen molar-refractivity contribution in [3.63, 3.8) is 0 Å². The van der Waals surface area contributed by atoms with Crippen LogP contribution in [-0.4, -0.2) is 18.1 Å². The van der Waals surface area contributed by atoms with E-state index in [-0.39, 0.29) is 0 Å². The van der Waals surface area contributed by atoms with Gasteiger partial charge in [0.25, 0.3) is 0 Å². The number of hydrogen-bond donors (Lipinski definition) is 2. The molecule has 0 aliphatic heterocycles. The summed E-state index contributed by atoms with van der Waals surface area (Å²) in [4.78, 5) is 15.0. The summed E-state index contributed by atoms with van der Waals surface area (Å²) in [5.74, 6) is 2.25. The summed E-state index contributed by atoms with van der Waals surface area (Å²) >= 11 is 6.02. The van der Waals surface area contributed by atoms with Crippen LogP contribution in [0.4, 0.5) is 10.6 Å². The highest BCUT2D eigenvalue weighted by Crippen LogP contribution is 2.33. The molecule has 3 rings (SSSR count). The quantitative estimate of drug-likeness (QED) is 0.650. The van der Waals surface area contributed by atoms with Gasteiger partial charge in [-0.25, -0.2) is 9.78 Å². The number of nitrogens with two attached hydrogens (primary N) is 1. The predicted octanol–water partition coefficient (Wildman–Crippen LogP) is 4.62. The zero-order chi connectivity index (χ0) is 19.2. The lowest BCUT2D eigenvalue weighted by molar-refractivity contribution is 0.259. The number of ether oxygens (including phenoxy) is 2. The van der Waals surface area contributed by atoms with Gasteiger partial charge in [-0.05, 0) is 53.9 Å². The molecular formula is C20H18ClN3O3. The largest absolute Gasteiger partial charge is 0.493 e. The van der Waals surface area contributed by atoms with Gasteiger partial charge < -0.3 is 15.2 Å². The lowest BCUT2D eigenvalue weighted by Crippen LogP contribution is -2.19. The molecule has 0 spiro atoms. The van der Waals surface area contributed by atoms with Gasteiger partial charge in [0, 0.05) is 11.2 Å². The molecule has 7 heteroatoms. The Kier molecular flexibility index (Phi) is 5.78. The number of primary amides is 1. The highest BCUT2D eigenvalue weighted by molar-refractivity contribution is 6.30. The Hall–Kier alpha value is -3.25. The number of aromatic nitrogens is 1. The number of hydrogen-bond acceptors (Lipinski definition) is 4. The second-order valence-corrected chi connectivity index (χ2v) is 6.20. The first-order chi connectivity index (χ1) is 13.0. The molecule has 0 radical (unpaired) electrons. The normalized spacial score (nSPS) is 10.3. The van der Waals surface area contributed by atoms with E-state index in [9.17, 15) is 4.79 Å². The molecule has 3 aromatic rings. The Morgan fingerprint density at radius 2 is 1.93 bits per heavy atom. The maximum absolute atomic E-state index is 10.9. The molecule has 2 aromatic carbocycles. The average Bonchev–Trinajstić information content (AvgIpc) is 2.63. The van der Waals surface area contributed by atoms with Crippen molar-refractivity contribution < 1.29 is 14.3 Å². The van der Waals surface area contributed by atoms with Crippen molar-refractivity contribution in [3.05, 3.63) is 76.9 Å². The van der Waals surface area contributed by atoms with Gasteiger partial charge in [-0.1, -0.05) is 29.8 Å². The van der Waals surface area contributed by atoms with Gasteiger partial charge >= 0.3 is 6.03 Å². The minimum Gasteiger partial charge on any atom is -0.493 e. The third kappa shape index (κ3) is 5.12. The average molecular weight is 384 g/mol. The fraction of sp³-hybridized carbons (Fsp3) is 0.100. The van der Waals surface area contributed by atoms with Crippen LogP contribution < -0.4 is 20.5 Å². The van der Waals surface area contributed by atoms with Gasteiger partial charge in [-0.3, -0.25) is 5.32 Å². The monoisotopic (exact) mass is 383 g/mol. The van der Waals surface area contributed by atoms with Crippen molar-refractivity contribution >= 4 is 23.4 Å². The summed E-state index contributed by atoms with van der Waals surface area (Å²) < 4.78 is 11.3. The van der Waals surface area contributed by atoms with Crippen LogP contribution in [0.1, 0.15) is 11.1 Å². The van der Waals surface area contributed by atoms with Crippen molar-refractivity contribution in [1.29, 1.82) is 0 Å². The number of benzene rings is 2. The Bertz CT molecular complexity index is 945. The Balaban J connectivity index is 1.79. The Labute approximate surface area is 161 Å². The van der Waals surface area contributed by atoms with E-state index in [0.717, 1.165) is 11.1 Å². The zero-order valence-electron chi connectivity index (χ0n) is 14.6. The summed E-state index contributed by atoms with van der Waals surface area (Å²) in [7, 11) is 1.59. The number of urea groups is 1. The van der Waals surface area contributed by atoms with E-state index in [0.29, 0.717) is 34.5 Å². The highest BCUT2D eigenvalue weighted by atomic mass is 35.5. The molecule has 27 heavy (non-hydrogen) atoms. The van der Waals surface area contributed by atoms with Crippen LogP contribution in [0.5, 0.6) is 17.2 Å². The fourth-order valence-electron chi connectivity index (χ4n) is 2.53. The molecule has 1 aromatic heterocycles. The van der Waals surface area contributed by atoms with E-state index in [4.69, 9.17) is 26.8 Å². The number of carbonyl (C=O) groups excluding carboxylic acids is 1. The Morgan fingerprint density at radius 1 is 1.11 bits per heavy atom. The summed E-state index contributed by atoms with van der Waals surface area (Å²) in [6.45, 7) is 0. The number of nitrogens with one attached hydrogen (secondary N) is 1. The first-order valence-electron chi connectivity index (χ1n) is 8.15. The van der Waals surface area contributed by atoms with E-state index in [1.807, 2.05) is 36.4 Å². The molecule has 3 N–H and O–H groups in total. The molecule has 0 saturated carbocycles. The van der Waals surface area contributed by atoms with Gasteiger partial charge in [-0.2, -0.15) is 0 Å². The first kappa shape index (κ1) is 18.5. The van der Waals surface area contributed by atoms with Crippen molar-refractivity contribution in [1.82, 2.24) is 4.98 Å². The van der Waals surface area contributed by atoms with E-state index in [1.165, 1.54) is 0 Å². The number of anilines is 1. The molecule has 138 valence electrons. The highest BCUT2D eigenvalue weighted by Gasteiger charge is 2.09. The van der Waals surface area contributed by atoms with Crippen molar-refractivity contribution in [2.24, 2.45) is 5.73 Å². The first-order valence-corrected chi connectivity index (χ1v) is 8.53. The number of nitrogens with zero attached hydrogens (tertiary/aromatic N) is 1. The third-order valence-electron chi connectivity index (χ3n) is 3.74. The smallest absolute Gasteiger partial charge is 0.317 e. The SMILES string of the molecule is COc1ccc(Cc2ccc(NC(N)=O)nc2)cc1Oc1cccc(Cl)c1. The number of rotatable bonds is 6. The minimum atomic E-state index is -0.645. The van der Waals surface area contributed by atoms with Crippen LogP contribution >= 0.6 is 11.6 Å². The fourth-order valence-corrected chi connectivity index (χ4v) is 2.71. The van der Waals surface area contributed by atoms with Crippen LogP contribution in [0.15, 0.2) is 60.8 Å². The van der Waals surface area contributed by atoms with Gasteiger partial charge in [0.1, 0.15) is 11.6 Å². The second-order valence-electron chi connectivity index (χ2n) is 5.76.